The number of rotatable bonds is 10. The number of aromatic nitrogens is 8. The van der Waals surface area contributed by atoms with E-state index < -0.39 is 6.04 Å². The van der Waals surface area contributed by atoms with Gasteiger partial charge in [-0.15, -0.1) is 0 Å². The number of hydrogen-bond donors (Lipinski definition) is 5. The van der Waals surface area contributed by atoms with Crippen molar-refractivity contribution in [2.24, 2.45) is 0 Å². The van der Waals surface area contributed by atoms with Crippen LogP contribution in [0.1, 0.15) is 169 Å². The molecule has 5 N–H and O–H groups in total. The minimum atomic E-state index is -0.812. The molecule has 1 fully saturated rings. The number of nitrogens with one attached hydrogen (secondary N) is 5. The molecule has 118 heavy (non-hydrogen) atoms. The van der Waals surface area contributed by atoms with Crippen molar-refractivity contribution in [3.8, 4) is 77.9 Å². The Morgan fingerprint density at radius 2 is 0.517 bits per heavy atom. The fourth-order valence-electron chi connectivity index (χ4n) is 20.3. The van der Waals surface area contributed by atoms with Gasteiger partial charge in [0, 0.05) is 89.7 Å². The quantitative estimate of drug-likeness (QED) is 0.0915. The summed E-state index contributed by atoms with van der Waals surface area (Å²) in [7, 11) is 0. The average molecular weight is 1540 g/mol. The summed E-state index contributed by atoms with van der Waals surface area (Å²) in [5.41, 5.74) is 49.2. The Kier molecular flexibility index (Phi) is 19.0. The van der Waals surface area contributed by atoms with E-state index in [4.69, 9.17) is 19.9 Å². The highest BCUT2D eigenvalue weighted by atomic mass is 16.2. The smallest absolute Gasteiger partial charge is 0.254 e. The lowest BCUT2D eigenvalue weighted by Gasteiger charge is -2.24. The fraction of sp³-hybridized carbons (Fsp3) is 0.208. The Bertz CT molecular complexity index is 6820. The minimum Gasteiger partial charge on any atom is -0.354 e. The molecule has 1 atom stereocenters. The Hall–Kier alpha value is -13.3. The van der Waals surface area contributed by atoms with Crippen molar-refractivity contribution in [3.63, 3.8) is 0 Å². The average Bonchev–Trinajstić information content (AvgIpc) is 1.58. The molecule has 1 saturated heterocycles. The lowest BCUT2D eigenvalue weighted by Crippen LogP contribution is -2.43. The monoisotopic (exact) mass is 1540 g/mol. The molecule has 12 heteroatoms. The SMILES string of the molecule is Cc1cc(C)c(-c2c3nc(c(-c4c(C)cc(C)cc4C)c4ccc([nH]4)c(-c4c(C)cc(C)cc4C)c4nc(c(NC(=O)[C@@H]5CCCN5C(=O)c5ccc(-c6c7nc(c(-c8c(C)cc(C)cc8C)c8ccc([nH]8)c(-c8c(C)cc(C)cc8C)c8nc(c(-c9c(C)cc(C)cc9C)c9ccc6[nH]9)C=C8)C=C7)cc5)c5ccc2[nH]5)C=C4)C=C3)c(C)c1. The van der Waals surface area contributed by atoms with E-state index in [-0.39, 0.29) is 11.8 Å². The van der Waals surface area contributed by atoms with Crippen LogP contribution >= 0.6 is 0 Å². The molecule has 7 aromatic carbocycles. The van der Waals surface area contributed by atoms with E-state index in [0.717, 1.165) is 212 Å². The van der Waals surface area contributed by atoms with Crippen molar-refractivity contribution < 1.29 is 9.59 Å². The molecule has 0 radical (unpaired) electrons. The predicted octanol–water partition coefficient (Wildman–Crippen LogP) is 26.1. The Morgan fingerprint density at radius 1 is 0.288 bits per heavy atom. The number of amides is 2. The molecule has 18 rings (SSSR count). The molecule has 0 saturated carbocycles. The second-order valence-electron chi connectivity index (χ2n) is 33.9. The first-order chi connectivity index (χ1) is 56.7. The summed E-state index contributed by atoms with van der Waals surface area (Å²) in [5.74, 6) is -0.544. The third-order valence-corrected chi connectivity index (χ3v) is 24.6. The summed E-state index contributed by atoms with van der Waals surface area (Å²) < 4.78 is 0. The molecule has 12 nitrogen and oxygen atoms in total. The number of nitrogens with zero attached hydrogens (tertiary/aromatic N) is 5. The van der Waals surface area contributed by atoms with Crippen molar-refractivity contribution in [1.29, 1.82) is 0 Å². The molecule has 13 aromatic rings. The molecule has 16 bridgehead atoms. The van der Waals surface area contributed by atoms with E-state index >= 15 is 9.59 Å². The summed E-state index contributed by atoms with van der Waals surface area (Å²) in [6.07, 6.45) is 18.1. The summed E-state index contributed by atoms with van der Waals surface area (Å²) in [6.45, 7) is 39.6. The zero-order valence-corrected chi connectivity index (χ0v) is 70.7. The number of aromatic amines is 4. The van der Waals surface area contributed by atoms with Gasteiger partial charge in [0.15, 0.2) is 0 Å². The number of hydrogen-bond acceptors (Lipinski definition) is 6. The highest BCUT2D eigenvalue weighted by molar-refractivity contribution is 6.08. The molecule has 5 aliphatic heterocycles. The number of carbonyl (C=O) groups excluding carboxylic acids is 2. The topological polar surface area (TPSA) is 164 Å². The van der Waals surface area contributed by atoms with E-state index in [1.807, 2.05) is 36.4 Å². The zero-order valence-electron chi connectivity index (χ0n) is 70.7. The van der Waals surface area contributed by atoms with Crippen molar-refractivity contribution >= 4 is 110 Å². The maximum Gasteiger partial charge on any atom is 0.254 e. The van der Waals surface area contributed by atoms with Crippen molar-refractivity contribution in [1.82, 2.24) is 44.8 Å². The maximum absolute atomic E-state index is 15.8. The van der Waals surface area contributed by atoms with Crippen molar-refractivity contribution in [2.45, 2.75) is 144 Å². The van der Waals surface area contributed by atoms with Crippen LogP contribution in [0.25, 0.3) is 171 Å². The van der Waals surface area contributed by atoms with Crippen LogP contribution in [0.4, 0.5) is 5.69 Å². The van der Waals surface area contributed by atoms with E-state index in [2.05, 4.69) is 308 Å². The van der Waals surface area contributed by atoms with Gasteiger partial charge in [0.05, 0.1) is 56.8 Å². The normalized spacial score (nSPS) is 13.6. The van der Waals surface area contributed by atoms with Crippen LogP contribution in [0.3, 0.4) is 0 Å². The van der Waals surface area contributed by atoms with Gasteiger partial charge in [-0.25, -0.2) is 19.9 Å². The van der Waals surface area contributed by atoms with Crippen LogP contribution in [-0.2, 0) is 4.79 Å². The molecule has 0 aliphatic carbocycles. The van der Waals surface area contributed by atoms with Crippen LogP contribution in [0, 0.1) is 125 Å². The van der Waals surface area contributed by atoms with Gasteiger partial charge in [0.25, 0.3) is 5.91 Å². The Labute approximate surface area is 690 Å². The number of benzene rings is 7. The summed E-state index contributed by atoms with van der Waals surface area (Å²) in [4.78, 5) is 71.8. The lowest BCUT2D eigenvalue weighted by atomic mass is 9.92. The van der Waals surface area contributed by atoms with Gasteiger partial charge in [0.1, 0.15) is 6.04 Å². The third kappa shape index (κ3) is 13.3. The lowest BCUT2D eigenvalue weighted by molar-refractivity contribution is -0.119. The van der Waals surface area contributed by atoms with E-state index in [0.29, 0.717) is 41.8 Å². The Morgan fingerprint density at radius 3 is 0.797 bits per heavy atom. The summed E-state index contributed by atoms with van der Waals surface area (Å²) in [5, 5.41) is 3.47. The molecular formula is C106H98N10O2. The minimum absolute atomic E-state index is 0.237. The van der Waals surface area contributed by atoms with Gasteiger partial charge >= 0.3 is 0 Å². The molecule has 2 amide bonds. The van der Waals surface area contributed by atoms with E-state index in [1.54, 1.807) is 4.90 Å². The molecule has 584 valence electrons. The van der Waals surface area contributed by atoms with Crippen LogP contribution in [0.2, 0.25) is 0 Å². The standard InChI is InChI=1S/C106H98N10O2/c1-54-42-60(7)91(61(8)43-54)98-76-27-25-74(107-76)97(75-26-28-77(108-75)99(92-62(9)44-55(2)45-63(92)10)79-30-32-81(110-79)100(80-31-29-78(98)109-80)93-64(11)46-56(3)47-65(93)12)72-21-23-73(24-22-72)106(118)116-41-19-20-90(116)105(117)115-104-88-39-37-86(113-88)102(95-68(15)50-58(5)51-69(95)16)84-35-33-82(111-84)101(94-66(13)48-57(4)49-67(94)14)83-34-36-85(112-83)103(87-38-40-89(104)114-87)96-70(17)52-59(6)53-71(96)18/h21-40,42-53,90,107,110-111,114H,19-20,41H2,1-18H3,(H,115,117)/t90-/m0/s1. The first kappa shape index (κ1) is 76.0. The highest BCUT2D eigenvalue weighted by Crippen LogP contribution is 2.47. The molecule has 11 heterocycles. The van der Waals surface area contributed by atoms with Crippen LogP contribution < -0.4 is 5.32 Å². The second-order valence-corrected chi connectivity index (χ2v) is 33.9. The van der Waals surface area contributed by atoms with Gasteiger partial charge in [0.2, 0.25) is 5.91 Å². The van der Waals surface area contributed by atoms with Crippen LogP contribution in [-0.4, -0.2) is 69.2 Å². The van der Waals surface area contributed by atoms with E-state index in [1.165, 1.54) is 44.5 Å². The molecular weight excluding hydrogens is 1450 g/mol. The van der Waals surface area contributed by atoms with Gasteiger partial charge in [-0.05, 0) is 352 Å². The number of anilines is 1. The number of likely N-dealkylation sites (tertiary alicyclic amines) is 1. The molecule has 0 spiro atoms. The van der Waals surface area contributed by atoms with Crippen molar-refractivity contribution in [2.75, 3.05) is 11.9 Å². The van der Waals surface area contributed by atoms with Gasteiger partial charge < -0.3 is 30.2 Å². The fourth-order valence-corrected chi connectivity index (χ4v) is 20.3. The molecule has 0 unspecified atom stereocenters. The van der Waals surface area contributed by atoms with Crippen LogP contribution in [0.15, 0.2) is 146 Å². The van der Waals surface area contributed by atoms with Gasteiger partial charge in [-0.3, -0.25) is 9.59 Å². The third-order valence-electron chi connectivity index (χ3n) is 24.6. The predicted molar refractivity (Wildman–Crippen MR) is 494 cm³/mol. The van der Waals surface area contributed by atoms with Gasteiger partial charge in [-0.2, -0.15) is 0 Å². The number of aryl methyl sites for hydroxylation is 18. The van der Waals surface area contributed by atoms with E-state index in [9.17, 15) is 0 Å². The van der Waals surface area contributed by atoms with Crippen LogP contribution in [0.5, 0.6) is 0 Å². The molecule has 6 aromatic heterocycles. The highest BCUT2D eigenvalue weighted by Gasteiger charge is 2.36. The molecule has 5 aliphatic rings. The Balaban J connectivity index is 0.787. The number of H-pyrrole nitrogens is 4. The largest absolute Gasteiger partial charge is 0.354 e. The zero-order chi connectivity index (χ0) is 82.3. The summed E-state index contributed by atoms with van der Waals surface area (Å²) in [6, 6.07) is 51.3. The maximum atomic E-state index is 15.8. The second kappa shape index (κ2) is 29.4. The van der Waals surface area contributed by atoms with Gasteiger partial charge in [-0.1, -0.05) is 118 Å². The van der Waals surface area contributed by atoms with Crippen molar-refractivity contribution in [3.05, 3.63) is 297 Å². The first-order valence-corrected chi connectivity index (χ1v) is 41.2. The number of fused-ring (bicyclic) bond motifs is 16. The first-order valence-electron chi connectivity index (χ1n) is 41.2. The summed E-state index contributed by atoms with van der Waals surface area (Å²) >= 11 is 0. The number of carbonyl (C=O) groups is 2.